The van der Waals surface area contributed by atoms with Crippen LogP contribution in [0.15, 0.2) is 35.7 Å². The quantitative estimate of drug-likeness (QED) is 0.866. The number of nitrogens with one attached hydrogen (secondary N) is 1. The molecule has 0 saturated heterocycles. The fraction of sp³-hybridized carbons (Fsp3) is 0.267. The van der Waals surface area contributed by atoms with Crippen molar-refractivity contribution in [3.05, 3.63) is 50.6 Å². The molecule has 1 atom stereocenters. The average molecular weight is 343 g/mol. The Morgan fingerprint density at radius 1 is 1.38 bits per heavy atom. The number of hydrogen-bond donors (Lipinski definition) is 1. The van der Waals surface area contributed by atoms with Crippen molar-refractivity contribution in [3.8, 4) is 0 Å². The standard InChI is InChI=1S/C15H16Cl2N2OS/c1-10(19(2)9-12-4-3-7-21-12)15(20)18-14-8-11(16)5-6-13(14)17/h3-8,10H,9H2,1-2H3,(H,18,20)/t10-/m1/s1. The lowest BCUT2D eigenvalue weighted by atomic mass is 10.2. The highest BCUT2D eigenvalue weighted by molar-refractivity contribution is 7.09. The topological polar surface area (TPSA) is 32.3 Å². The van der Waals surface area contributed by atoms with Crippen molar-refractivity contribution in [2.45, 2.75) is 19.5 Å². The smallest absolute Gasteiger partial charge is 0.241 e. The molecule has 1 heterocycles. The van der Waals surface area contributed by atoms with Gasteiger partial charge in [-0.25, -0.2) is 0 Å². The summed E-state index contributed by atoms with van der Waals surface area (Å²) in [4.78, 5) is 15.5. The van der Waals surface area contributed by atoms with Gasteiger partial charge in [-0.15, -0.1) is 11.3 Å². The first-order valence-electron chi connectivity index (χ1n) is 6.46. The van der Waals surface area contributed by atoms with Crippen molar-refractivity contribution in [2.24, 2.45) is 0 Å². The van der Waals surface area contributed by atoms with Gasteiger partial charge in [-0.2, -0.15) is 0 Å². The summed E-state index contributed by atoms with van der Waals surface area (Å²) >= 11 is 13.6. The lowest BCUT2D eigenvalue weighted by molar-refractivity contribution is -0.120. The second kappa shape index (κ2) is 7.27. The van der Waals surface area contributed by atoms with E-state index in [1.807, 2.05) is 30.3 Å². The lowest BCUT2D eigenvalue weighted by Gasteiger charge is -2.23. The zero-order valence-electron chi connectivity index (χ0n) is 11.8. The molecule has 0 aliphatic heterocycles. The number of amides is 1. The number of carbonyl (C=O) groups is 1. The van der Waals surface area contributed by atoms with Crippen LogP contribution >= 0.6 is 34.5 Å². The fourth-order valence-electron chi connectivity index (χ4n) is 1.82. The van der Waals surface area contributed by atoms with Crippen LogP contribution in [0.5, 0.6) is 0 Å². The first kappa shape index (κ1) is 16.3. The van der Waals surface area contributed by atoms with Crippen molar-refractivity contribution in [1.29, 1.82) is 0 Å². The van der Waals surface area contributed by atoms with Crippen LogP contribution in [0.2, 0.25) is 10.0 Å². The molecule has 0 unspecified atom stereocenters. The van der Waals surface area contributed by atoms with Gasteiger partial charge in [0, 0.05) is 16.4 Å². The Morgan fingerprint density at radius 3 is 2.81 bits per heavy atom. The molecule has 0 fully saturated rings. The van der Waals surface area contributed by atoms with Crippen LogP contribution in [-0.2, 0) is 11.3 Å². The Labute approximate surface area is 138 Å². The number of anilines is 1. The van der Waals surface area contributed by atoms with E-state index in [4.69, 9.17) is 23.2 Å². The van der Waals surface area contributed by atoms with E-state index in [1.165, 1.54) is 4.88 Å². The van der Waals surface area contributed by atoms with E-state index >= 15 is 0 Å². The molecule has 0 bridgehead atoms. The summed E-state index contributed by atoms with van der Waals surface area (Å²) < 4.78 is 0. The Morgan fingerprint density at radius 2 is 2.14 bits per heavy atom. The number of hydrogen-bond acceptors (Lipinski definition) is 3. The van der Waals surface area contributed by atoms with Crippen molar-refractivity contribution >= 4 is 46.1 Å². The molecule has 112 valence electrons. The summed E-state index contributed by atoms with van der Waals surface area (Å²) in [6.07, 6.45) is 0. The van der Waals surface area contributed by atoms with Crippen LogP contribution in [0, 0.1) is 0 Å². The minimum atomic E-state index is -0.276. The van der Waals surface area contributed by atoms with E-state index < -0.39 is 0 Å². The molecular formula is C15H16Cl2N2OS. The van der Waals surface area contributed by atoms with Gasteiger partial charge in [-0.05, 0) is 43.6 Å². The van der Waals surface area contributed by atoms with E-state index in [2.05, 4.69) is 11.4 Å². The van der Waals surface area contributed by atoms with Crippen molar-refractivity contribution in [2.75, 3.05) is 12.4 Å². The molecule has 1 amide bonds. The molecular weight excluding hydrogens is 327 g/mol. The third-order valence-corrected chi connectivity index (χ3v) is 4.64. The van der Waals surface area contributed by atoms with E-state index in [9.17, 15) is 4.79 Å². The second-order valence-corrected chi connectivity index (χ2v) is 6.66. The summed E-state index contributed by atoms with van der Waals surface area (Å²) in [5.41, 5.74) is 0.533. The summed E-state index contributed by atoms with van der Waals surface area (Å²) in [5.74, 6) is -0.113. The van der Waals surface area contributed by atoms with Crippen LogP contribution < -0.4 is 5.32 Å². The third kappa shape index (κ3) is 4.45. The van der Waals surface area contributed by atoms with Gasteiger partial charge in [-0.1, -0.05) is 29.3 Å². The summed E-state index contributed by atoms with van der Waals surface area (Å²) in [7, 11) is 1.92. The maximum Gasteiger partial charge on any atom is 0.241 e. The number of carbonyl (C=O) groups excluding carboxylic acids is 1. The molecule has 1 N–H and O–H groups in total. The molecule has 1 aromatic carbocycles. The number of likely N-dealkylation sites (N-methyl/N-ethyl adjacent to an activating group) is 1. The number of thiophene rings is 1. The van der Waals surface area contributed by atoms with E-state index in [1.54, 1.807) is 29.5 Å². The fourth-order valence-corrected chi connectivity index (χ4v) is 2.92. The van der Waals surface area contributed by atoms with Gasteiger partial charge in [-0.3, -0.25) is 9.69 Å². The highest BCUT2D eigenvalue weighted by Gasteiger charge is 2.19. The van der Waals surface area contributed by atoms with Gasteiger partial charge < -0.3 is 5.32 Å². The maximum absolute atomic E-state index is 12.3. The molecule has 21 heavy (non-hydrogen) atoms. The van der Waals surface area contributed by atoms with Gasteiger partial charge in [0.2, 0.25) is 5.91 Å². The van der Waals surface area contributed by atoms with Crippen LogP contribution in [0.1, 0.15) is 11.8 Å². The van der Waals surface area contributed by atoms with Gasteiger partial charge in [0.1, 0.15) is 0 Å². The molecule has 1 aromatic heterocycles. The van der Waals surface area contributed by atoms with Crippen LogP contribution in [0.4, 0.5) is 5.69 Å². The zero-order valence-corrected chi connectivity index (χ0v) is 14.1. The molecule has 3 nitrogen and oxygen atoms in total. The second-order valence-electron chi connectivity index (χ2n) is 4.78. The SMILES string of the molecule is C[C@H](C(=O)Nc1cc(Cl)ccc1Cl)N(C)Cc1cccs1. The lowest BCUT2D eigenvalue weighted by Crippen LogP contribution is -2.39. The number of benzene rings is 1. The molecule has 2 aromatic rings. The zero-order chi connectivity index (χ0) is 15.4. The predicted octanol–water partition coefficient (Wildman–Crippen LogP) is 4.51. The predicted molar refractivity (Wildman–Crippen MR) is 90.3 cm³/mol. The molecule has 0 saturated carbocycles. The number of halogens is 2. The molecule has 0 spiro atoms. The van der Waals surface area contributed by atoms with Crippen molar-refractivity contribution in [1.82, 2.24) is 4.90 Å². The van der Waals surface area contributed by atoms with Gasteiger partial charge in [0.05, 0.1) is 16.8 Å². The van der Waals surface area contributed by atoms with Crippen molar-refractivity contribution < 1.29 is 4.79 Å². The van der Waals surface area contributed by atoms with Crippen LogP contribution in [0.25, 0.3) is 0 Å². The minimum absolute atomic E-state index is 0.113. The van der Waals surface area contributed by atoms with Gasteiger partial charge in [0.15, 0.2) is 0 Å². The summed E-state index contributed by atoms with van der Waals surface area (Å²) in [6, 6.07) is 8.78. The largest absolute Gasteiger partial charge is 0.323 e. The Kier molecular flexibility index (Phi) is 5.65. The van der Waals surface area contributed by atoms with Crippen LogP contribution in [0.3, 0.4) is 0 Å². The Bertz CT molecular complexity index is 616. The normalized spacial score (nSPS) is 12.4. The molecule has 6 heteroatoms. The minimum Gasteiger partial charge on any atom is -0.323 e. The highest BCUT2D eigenvalue weighted by Crippen LogP contribution is 2.25. The third-order valence-electron chi connectivity index (χ3n) is 3.21. The number of rotatable bonds is 5. The van der Waals surface area contributed by atoms with E-state index in [0.717, 1.165) is 6.54 Å². The van der Waals surface area contributed by atoms with Crippen molar-refractivity contribution in [3.63, 3.8) is 0 Å². The highest BCUT2D eigenvalue weighted by atomic mass is 35.5. The molecule has 0 radical (unpaired) electrons. The van der Waals surface area contributed by atoms with Gasteiger partial charge in [0.25, 0.3) is 0 Å². The first-order chi connectivity index (χ1) is 9.97. The maximum atomic E-state index is 12.3. The molecule has 0 aliphatic rings. The molecule has 0 aliphatic carbocycles. The monoisotopic (exact) mass is 342 g/mol. The Balaban J connectivity index is 2.00. The summed E-state index contributed by atoms with van der Waals surface area (Å²) in [6.45, 7) is 2.59. The Hall–Kier alpha value is -1.07. The first-order valence-corrected chi connectivity index (χ1v) is 8.09. The average Bonchev–Trinajstić information content (AvgIpc) is 2.94. The van der Waals surface area contributed by atoms with E-state index in [0.29, 0.717) is 15.7 Å². The molecule has 2 rings (SSSR count). The van der Waals surface area contributed by atoms with Gasteiger partial charge >= 0.3 is 0 Å². The summed E-state index contributed by atoms with van der Waals surface area (Å²) in [5, 5.41) is 5.85. The number of nitrogens with zero attached hydrogens (tertiary/aromatic N) is 1. The van der Waals surface area contributed by atoms with E-state index in [-0.39, 0.29) is 11.9 Å². The van der Waals surface area contributed by atoms with Crippen LogP contribution in [-0.4, -0.2) is 23.9 Å².